The Morgan fingerprint density at radius 3 is 2.56 bits per heavy atom. The zero-order valence-corrected chi connectivity index (χ0v) is 15.8. The van der Waals surface area contributed by atoms with Gasteiger partial charge in [-0.2, -0.15) is 0 Å². The summed E-state index contributed by atoms with van der Waals surface area (Å²) >= 11 is 0. The van der Waals surface area contributed by atoms with Gasteiger partial charge < -0.3 is 14.9 Å². The van der Waals surface area contributed by atoms with Crippen molar-refractivity contribution in [2.24, 2.45) is 11.7 Å². The molecule has 1 aromatic carbocycles. The van der Waals surface area contributed by atoms with Crippen molar-refractivity contribution < 1.29 is 9.15 Å². The molecule has 0 atom stereocenters. The summed E-state index contributed by atoms with van der Waals surface area (Å²) in [7, 11) is 1.70. The van der Waals surface area contributed by atoms with Gasteiger partial charge in [-0.1, -0.05) is 0 Å². The predicted molar refractivity (Wildman–Crippen MR) is 99.8 cm³/mol. The number of benzene rings is 1. The van der Waals surface area contributed by atoms with Crippen LogP contribution in [0.2, 0.25) is 0 Å². The first-order valence-corrected chi connectivity index (χ1v) is 9.06. The monoisotopic (exact) mass is 343 g/mol. The van der Waals surface area contributed by atoms with Crippen LogP contribution in [0.5, 0.6) is 5.75 Å². The minimum Gasteiger partial charge on any atom is -0.496 e. The Bertz CT molecular complexity index is 731. The van der Waals surface area contributed by atoms with Crippen LogP contribution in [-0.2, 0) is 6.54 Å². The summed E-state index contributed by atoms with van der Waals surface area (Å²) in [4.78, 5) is 7.25. The van der Waals surface area contributed by atoms with Gasteiger partial charge in [-0.05, 0) is 82.4 Å². The summed E-state index contributed by atoms with van der Waals surface area (Å²) in [6.07, 6.45) is 2.36. The number of aromatic nitrogens is 1. The highest BCUT2D eigenvalue weighted by molar-refractivity contribution is 5.63. The third-order valence-corrected chi connectivity index (χ3v) is 5.49. The van der Waals surface area contributed by atoms with Crippen molar-refractivity contribution in [3.05, 3.63) is 34.7 Å². The standard InChI is InChI=1S/C20H29N3O2/c1-13-14(2)19(24-4)6-5-17(13)20-22-18(15(3)25-20)12-23-9-7-16(11-21)8-10-23/h5-6,16H,7-12,21H2,1-4H3. The molecule has 0 aliphatic carbocycles. The molecule has 5 nitrogen and oxygen atoms in total. The third kappa shape index (κ3) is 3.72. The van der Waals surface area contributed by atoms with Gasteiger partial charge in [0.1, 0.15) is 11.5 Å². The highest BCUT2D eigenvalue weighted by Gasteiger charge is 2.21. The SMILES string of the molecule is COc1ccc(-c2nc(CN3CCC(CN)CC3)c(C)o2)c(C)c1C. The number of rotatable bonds is 5. The molecule has 1 aliphatic rings. The van der Waals surface area contributed by atoms with E-state index in [9.17, 15) is 0 Å². The first kappa shape index (κ1) is 18.0. The summed E-state index contributed by atoms with van der Waals surface area (Å²) in [5.74, 6) is 3.18. The summed E-state index contributed by atoms with van der Waals surface area (Å²) in [6.45, 7) is 9.98. The van der Waals surface area contributed by atoms with Crippen molar-refractivity contribution >= 4 is 0 Å². The lowest BCUT2D eigenvalue weighted by atomic mass is 9.97. The highest BCUT2D eigenvalue weighted by Crippen LogP contribution is 2.32. The van der Waals surface area contributed by atoms with Crippen molar-refractivity contribution in [3.63, 3.8) is 0 Å². The minimum atomic E-state index is 0.676. The smallest absolute Gasteiger partial charge is 0.226 e. The second kappa shape index (κ2) is 7.58. The van der Waals surface area contributed by atoms with E-state index >= 15 is 0 Å². The van der Waals surface area contributed by atoms with E-state index in [-0.39, 0.29) is 0 Å². The molecule has 2 heterocycles. The van der Waals surface area contributed by atoms with Crippen LogP contribution in [-0.4, -0.2) is 36.6 Å². The molecule has 0 spiro atoms. The number of aryl methyl sites for hydroxylation is 1. The van der Waals surface area contributed by atoms with E-state index < -0.39 is 0 Å². The first-order chi connectivity index (χ1) is 12.0. The van der Waals surface area contributed by atoms with Gasteiger partial charge in [-0.3, -0.25) is 4.90 Å². The van der Waals surface area contributed by atoms with E-state index in [2.05, 4.69) is 18.7 Å². The van der Waals surface area contributed by atoms with Gasteiger partial charge >= 0.3 is 0 Å². The number of methoxy groups -OCH3 is 1. The molecule has 0 bridgehead atoms. The largest absolute Gasteiger partial charge is 0.496 e. The lowest BCUT2D eigenvalue weighted by Gasteiger charge is -2.30. The van der Waals surface area contributed by atoms with E-state index in [1.807, 2.05) is 19.1 Å². The molecule has 0 amide bonds. The van der Waals surface area contributed by atoms with Crippen molar-refractivity contribution in [2.45, 2.75) is 40.2 Å². The fraction of sp³-hybridized carbons (Fsp3) is 0.550. The molecule has 3 rings (SSSR count). The molecule has 136 valence electrons. The lowest BCUT2D eigenvalue weighted by molar-refractivity contribution is 0.178. The van der Waals surface area contributed by atoms with Crippen LogP contribution in [0.1, 0.15) is 35.4 Å². The van der Waals surface area contributed by atoms with Crippen molar-refractivity contribution in [1.29, 1.82) is 0 Å². The normalized spacial score (nSPS) is 16.4. The second-order valence-electron chi connectivity index (χ2n) is 7.04. The average Bonchev–Trinajstić information content (AvgIpc) is 2.98. The van der Waals surface area contributed by atoms with E-state index in [1.54, 1.807) is 7.11 Å². The molecule has 0 radical (unpaired) electrons. The topological polar surface area (TPSA) is 64.5 Å². The number of nitrogens with zero attached hydrogens (tertiary/aromatic N) is 2. The van der Waals surface area contributed by atoms with Crippen LogP contribution in [0.25, 0.3) is 11.5 Å². The Labute approximate surface area is 150 Å². The van der Waals surface area contributed by atoms with Gasteiger partial charge in [0.25, 0.3) is 0 Å². The number of likely N-dealkylation sites (tertiary alicyclic amines) is 1. The van der Waals surface area contributed by atoms with Gasteiger partial charge in [-0.15, -0.1) is 0 Å². The van der Waals surface area contributed by atoms with Crippen LogP contribution >= 0.6 is 0 Å². The van der Waals surface area contributed by atoms with E-state index in [0.29, 0.717) is 11.8 Å². The number of hydrogen-bond donors (Lipinski definition) is 1. The molecule has 5 heteroatoms. The Morgan fingerprint density at radius 2 is 1.92 bits per heavy atom. The molecular weight excluding hydrogens is 314 g/mol. The molecule has 25 heavy (non-hydrogen) atoms. The van der Waals surface area contributed by atoms with E-state index in [4.69, 9.17) is 19.9 Å². The molecule has 1 saturated heterocycles. The van der Waals surface area contributed by atoms with Gasteiger partial charge in [0.15, 0.2) is 0 Å². The van der Waals surface area contributed by atoms with Crippen LogP contribution in [0.15, 0.2) is 16.5 Å². The first-order valence-electron chi connectivity index (χ1n) is 9.06. The Hall–Kier alpha value is -1.85. The summed E-state index contributed by atoms with van der Waals surface area (Å²) in [5.41, 5.74) is 10.1. The van der Waals surface area contributed by atoms with Gasteiger partial charge in [0.05, 0.1) is 12.8 Å². The van der Waals surface area contributed by atoms with Crippen LogP contribution in [0, 0.1) is 26.7 Å². The molecular formula is C20H29N3O2. The number of hydrogen-bond acceptors (Lipinski definition) is 5. The molecule has 2 N–H and O–H groups in total. The van der Waals surface area contributed by atoms with Gasteiger partial charge in [0.2, 0.25) is 5.89 Å². The summed E-state index contributed by atoms with van der Waals surface area (Å²) in [6, 6.07) is 4.01. The quantitative estimate of drug-likeness (QED) is 0.901. The van der Waals surface area contributed by atoms with Gasteiger partial charge in [0, 0.05) is 12.1 Å². The summed E-state index contributed by atoms with van der Waals surface area (Å²) < 4.78 is 11.4. The fourth-order valence-corrected chi connectivity index (χ4v) is 3.53. The highest BCUT2D eigenvalue weighted by atomic mass is 16.5. The van der Waals surface area contributed by atoms with Crippen LogP contribution in [0.3, 0.4) is 0 Å². The number of piperidine rings is 1. The van der Waals surface area contributed by atoms with Gasteiger partial charge in [-0.25, -0.2) is 4.98 Å². The Kier molecular flexibility index (Phi) is 5.45. The number of oxazole rings is 1. The van der Waals surface area contributed by atoms with Crippen LogP contribution in [0.4, 0.5) is 0 Å². The minimum absolute atomic E-state index is 0.676. The number of ether oxygens (including phenoxy) is 1. The van der Waals surface area contributed by atoms with E-state index in [0.717, 1.165) is 60.1 Å². The van der Waals surface area contributed by atoms with E-state index in [1.165, 1.54) is 12.8 Å². The maximum atomic E-state index is 6.00. The molecule has 1 fully saturated rings. The molecule has 1 aliphatic heterocycles. The Morgan fingerprint density at radius 1 is 1.20 bits per heavy atom. The third-order valence-electron chi connectivity index (χ3n) is 5.49. The fourth-order valence-electron chi connectivity index (χ4n) is 3.53. The molecule has 0 saturated carbocycles. The van der Waals surface area contributed by atoms with Crippen molar-refractivity contribution in [3.8, 4) is 17.2 Å². The zero-order chi connectivity index (χ0) is 18.0. The lowest BCUT2D eigenvalue weighted by Crippen LogP contribution is -2.35. The molecule has 1 aromatic heterocycles. The number of nitrogens with two attached hydrogens (primary N) is 1. The van der Waals surface area contributed by atoms with Crippen LogP contribution < -0.4 is 10.5 Å². The zero-order valence-electron chi connectivity index (χ0n) is 15.8. The van der Waals surface area contributed by atoms with Crippen molar-refractivity contribution in [2.75, 3.05) is 26.7 Å². The average molecular weight is 343 g/mol. The Balaban J connectivity index is 1.78. The molecule has 0 unspecified atom stereocenters. The second-order valence-corrected chi connectivity index (χ2v) is 7.04. The predicted octanol–water partition coefficient (Wildman–Crippen LogP) is 3.45. The van der Waals surface area contributed by atoms with Crippen molar-refractivity contribution in [1.82, 2.24) is 9.88 Å². The maximum absolute atomic E-state index is 6.00. The molecule has 2 aromatic rings. The summed E-state index contributed by atoms with van der Waals surface area (Å²) in [5, 5.41) is 0. The maximum Gasteiger partial charge on any atom is 0.226 e.